The molecule has 4 rings (SSSR count). The van der Waals surface area contributed by atoms with Gasteiger partial charge in [0.1, 0.15) is 6.04 Å². The van der Waals surface area contributed by atoms with Gasteiger partial charge in [0, 0.05) is 37.5 Å². The fourth-order valence-electron chi connectivity index (χ4n) is 5.65. The predicted octanol–water partition coefficient (Wildman–Crippen LogP) is 0.181. The molecule has 224 valence electrons. The Morgan fingerprint density at radius 1 is 0.927 bits per heavy atom. The molecule has 41 heavy (non-hydrogen) atoms. The smallest absolute Gasteiger partial charge is 0.243 e. The van der Waals surface area contributed by atoms with E-state index in [1.807, 2.05) is 49.1 Å². The average Bonchev–Trinajstić information content (AvgIpc) is 3.78. The molecular formula is C30H44N6O5. The van der Waals surface area contributed by atoms with Crippen molar-refractivity contribution in [2.24, 2.45) is 23.0 Å². The molecule has 0 bridgehead atoms. The molecular weight excluding hydrogens is 524 g/mol. The van der Waals surface area contributed by atoms with Crippen molar-refractivity contribution in [3.8, 4) is 0 Å². The zero-order valence-electron chi connectivity index (χ0n) is 24.2. The van der Waals surface area contributed by atoms with E-state index in [2.05, 4.69) is 16.0 Å². The molecule has 3 fully saturated rings. The Kier molecular flexibility index (Phi) is 10.0. The van der Waals surface area contributed by atoms with Gasteiger partial charge >= 0.3 is 0 Å². The Balaban J connectivity index is 1.16. The standard InChI is InChI=1S/C30H44N6O5/c1-20(2)14-24(34-25(37)16-32-27(39)23(31)15-21-6-4-3-5-7-21)28(40)33-17-26(38)36-18-30(19-36)10-12-35(13-11-30)29(41)22-8-9-22/h3-7,20,22-24H,8-19,31H2,1-2H3,(H,32,39)(H,33,40)(H,34,37). The number of nitrogens with zero attached hydrogens (tertiary/aromatic N) is 2. The average molecular weight is 569 g/mol. The summed E-state index contributed by atoms with van der Waals surface area (Å²) in [7, 11) is 0. The molecule has 11 heteroatoms. The molecule has 2 atom stereocenters. The lowest BCUT2D eigenvalue weighted by Crippen LogP contribution is -2.63. The van der Waals surface area contributed by atoms with Crippen LogP contribution in [0.4, 0.5) is 0 Å². The molecule has 0 aromatic heterocycles. The van der Waals surface area contributed by atoms with E-state index < -0.39 is 29.8 Å². The summed E-state index contributed by atoms with van der Waals surface area (Å²) in [5.74, 6) is -0.918. The molecule has 2 aliphatic heterocycles. The number of rotatable bonds is 12. The molecule has 1 aromatic rings. The van der Waals surface area contributed by atoms with Crippen LogP contribution in [0.25, 0.3) is 0 Å². The summed E-state index contributed by atoms with van der Waals surface area (Å²) in [4.78, 5) is 66.6. The van der Waals surface area contributed by atoms with E-state index >= 15 is 0 Å². The monoisotopic (exact) mass is 568 g/mol. The number of benzene rings is 1. The molecule has 0 radical (unpaired) electrons. The van der Waals surface area contributed by atoms with Crippen molar-refractivity contribution in [1.29, 1.82) is 0 Å². The quantitative estimate of drug-likeness (QED) is 0.282. The first-order chi connectivity index (χ1) is 19.5. The molecule has 2 heterocycles. The SMILES string of the molecule is CC(C)CC(NC(=O)CNC(=O)C(N)Cc1ccccc1)C(=O)NCC(=O)N1CC2(CCN(C(=O)C3CC3)CC2)C1. The normalized spacial score (nSPS) is 19.2. The summed E-state index contributed by atoms with van der Waals surface area (Å²) >= 11 is 0. The maximum atomic E-state index is 12.9. The number of carbonyl (C=O) groups excluding carboxylic acids is 5. The summed E-state index contributed by atoms with van der Waals surface area (Å²) < 4.78 is 0. The largest absolute Gasteiger partial charge is 0.346 e. The Hall–Kier alpha value is -3.47. The molecule has 5 amide bonds. The van der Waals surface area contributed by atoms with Gasteiger partial charge in [0.2, 0.25) is 29.5 Å². The van der Waals surface area contributed by atoms with Crippen molar-refractivity contribution in [3.05, 3.63) is 35.9 Å². The molecule has 1 aromatic carbocycles. The van der Waals surface area contributed by atoms with Gasteiger partial charge in [0.05, 0.1) is 19.1 Å². The lowest BCUT2D eigenvalue weighted by Gasteiger charge is -2.54. The number of nitrogens with one attached hydrogen (secondary N) is 3. The fraction of sp³-hybridized carbons (Fsp3) is 0.633. The van der Waals surface area contributed by atoms with Gasteiger partial charge in [-0.1, -0.05) is 44.2 Å². The van der Waals surface area contributed by atoms with Crippen molar-refractivity contribution in [2.75, 3.05) is 39.3 Å². The first-order valence-corrected chi connectivity index (χ1v) is 14.8. The van der Waals surface area contributed by atoms with Gasteiger partial charge in [-0.25, -0.2) is 0 Å². The van der Waals surface area contributed by atoms with E-state index in [-0.39, 0.29) is 42.2 Å². The van der Waals surface area contributed by atoms with E-state index in [1.165, 1.54) is 0 Å². The van der Waals surface area contributed by atoms with Crippen LogP contribution in [0.2, 0.25) is 0 Å². The molecule has 3 aliphatic rings. The highest BCUT2D eigenvalue weighted by molar-refractivity contribution is 5.92. The molecule has 11 nitrogen and oxygen atoms in total. The Bertz CT molecular complexity index is 1110. The lowest BCUT2D eigenvalue weighted by atomic mass is 9.72. The van der Waals surface area contributed by atoms with Gasteiger partial charge in [0.25, 0.3) is 0 Å². The number of piperidine rings is 1. The third-order valence-corrected chi connectivity index (χ3v) is 8.30. The Morgan fingerprint density at radius 3 is 2.17 bits per heavy atom. The van der Waals surface area contributed by atoms with E-state index in [9.17, 15) is 24.0 Å². The van der Waals surface area contributed by atoms with Crippen molar-refractivity contribution < 1.29 is 24.0 Å². The highest BCUT2D eigenvalue weighted by Crippen LogP contribution is 2.41. The zero-order valence-corrected chi connectivity index (χ0v) is 24.2. The van der Waals surface area contributed by atoms with Crippen molar-refractivity contribution in [3.63, 3.8) is 0 Å². The summed E-state index contributed by atoms with van der Waals surface area (Å²) in [5, 5.41) is 7.90. The first-order valence-electron chi connectivity index (χ1n) is 14.8. The third-order valence-electron chi connectivity index (χ3n) is 8.30. The van der Waals surface area contributed by atoms with E-state index in [1.54, 1.807) is 4.90 Å². The van der Waals surface area contributed by atoms with Gasteiger partial charge in [-0.05, 0) is 50.0 Å². The van der Waals surface area contributed by atoms with Crippen LogP contribution in [-0.2, 0) is 30.4 Å². The van der Waals surface area contributed by atoms with Gasteiger partial charge in [0.15, 0.2) is 0 Å². The number of hydrogen-bond donors (Lipinski definition) is 4. The summed E-state index contributed by atoms with van der Waals surface area (Å²) in [6.45, 7) is 6.22. The summed E-state index contributed by atoms with van der Waals surface area (Å²) in [6.07, 6.45) is 4.55. The molecule has 1 saturated carbocycles. The van der Waals surface area contributed by atoms with Crippen LogP contribution in [0.15, 0.2) is 30.3 Å². The fourth-order valence-corrected chi connectivity index (χ4v) is 5.65. The maximum Gasteiger partial charge on any atom is 0.243 e. The topological polar surface area (TPSA) is 154 Å². The van der Waals surface area contributed by atoms with Gasteiger partial charge in [-0.2, -0.15) is 0 Å². The number of likely N-dealkylation sites (tertiary alicyclic amines) is 2. The van der Waals surface area contributed by atoms with Gasteiger partial charge in [-0.3, -0.25) is 24.0 Å². The van der Waals surface area contributed by atoms with Crippen LogP contribution in [0.1, 0.15) is 51.5 Å². The highest BCUT2D eigenvalue weighted by Gasteiger charge is 2.48. The van der Waals surface area contributed by atoms with Crippen LogP contribution >= 0.6 is 0 Å². The lowest BCUT2D eigenvalue weighted by molar-refractivity contribution is -0.150. The van der Waals surface area contributed by atoms with Gasteiger partial charge in [-0.15, -0.1) is 0 Å². The third kappa shape index (κ3) is 8.51. The van der Waals surface area contributed by atoms with E-state index in [4.69, 9.17) is 5.73 Å². The first kappa shape index (κ1) is 30.5. The van der Waals surface area contributed by atoms with Crippen LogP contribution < -0.4 is 21.7 Å². The molecule has 1 spiro atoms. The highest BCUT2D eigenvalue weighted by atomic mass is 16.2. The van der Waals surface area contributed by atoms with Crippen molar-refractivity contribution in [2.45, 2.75) is 64.5 Å². The Labute approximate surface area is 241 Å². The molecule has 2 unspecified atom stereocenters. The second kappa shape index (κ2) is 13.5. The molecule has 1 aliphatic carbocycles. The van der Waals surface area contributed by atoms with Crippen molar-refractivity contribution in [1.82, 2.24) is 25.8 Å². The summed E-state index contributed by atoms with van der Waals surface area (Å²) in [6, 6.07) is 7.73. The Morgan fingerprint density at radius 2 is 1.56 bits per heavy atom. The second-order valence-electron chi connectivity index (χ2n) is 12.3. The van der Waals surface area contributed by atoms with Crippen LogP contribution in [0.3, 0.4) is 0 Å². The minimum Gasteiger partial charge on any atom is -0.346 e. The van der Waals surface area contributed by atoms with Crippen LogP contribution in [-0.4, -0.2) is 90.7 Å². The number of nitrogens with two attached hydrogens (primary N) is 1. The number of amides is 5. The van der Waals surface area contributed by atoms with Gasteiger partial charge < -0.3 is 31.5 Å². The van der Waals surface area contributed by atoms with Crippen LogP contribution in [0.5, 0.6) is 0 Å². The number of hydrogen-bond acceptors (Lipinski definition) is 6. The van der Waals surface area contributed by atoms with Crippen molar-refractivity contribution >= 4 is 29.5 Å². The second-order valence-corrected chi connectivity index (χ2v) is 12.3. The molecule has 5 N–H and O–H groups in total. The number of carbonyl (C=O) groups is 5. The van der Waals surface area contributed by atoms with E-state index in [0.717, 1.165) is 44.3 Å². The predicted molar refractivity (Wildman–Crippen MR) is 153 cm³/mol. The maximum absolute atomic E-state index is 12.9. The minimum absolute atomic E-state index is 0.0716. The zero-order chi connectivity index (χ0) is 29.6. The van der Waals surface area contributed by atoms with Crippen LogP contribution in [0, 0.1) is 17.3 Å². The van der Waals surface area contributed by atoms with E-state index in [0.29, 0.717) is 25.9 Å². The minimum atomic E-state index is -0.832. The molecule has 2 saturated heterocycles. The summed E-state index contributed by atoms with van der Waals surface area (Å²) in [5.41, 5.74) is 6.97.